The van der Waals surface area contributed by atoms with Gasteiger partial charge in [0.2, 0.25) is 0 Å². The van der Waals surface area contributed by atoms with Crippen molar-refractivity contribution >= 4 is 17.2 Å². The van der Waals surface area contributed by atoms with Crippen molar-refractivity contribution in [3.05, 3.63) is 70.3 Å². The van der Waals surface area contributed by atoms with Gasteiger partial charge in [0.25, 0.3) is 5.91 Å². The standard InChI is InChI=1S/C18H17N3OS/c1-13-4-6-14(7-5-13)18(22)20-10-8-17-21-16(12-23-17)15-3-2-9-19-11-15/h2-7,9,11-12H,8,10H2,1H3,(H,20,22). The molecular formula is C18H17N3OS. The van der Waals surface area contributed by atoms with E-state index >= 15 is 0 Å². The molecule has 0 aliphatic heterocycles. The summed E-state index contributed by atoms with van der Waals surface area (Å²) in [5.41, 5.74) is 3.78. The summed E-state index contributed by atoms with van der Waals surface area (Å²) < 4.78 is 0. The topological polar surface area (TPSA) is 54.9 Å². The van der Waals surface area contributed by atoms with E-state index in [4.69, 9.17) is 0 Å². The molecular weight excluding hydrogens is 306 g/mol. The predicted molar refractivity (Wildman–Crippen MR) is 92.6 cm³/mol. The summed E-state index contributed by atoms with van der Waals surface area (Å²) in [6, 6.07) is 11.5. The Hall–Kier alpha value is -2.53. The van der Waals surface area contributed by atoms with Crippen LogP contribution in [0.1, 0.15) is 20.9 Å². The highest BCUT2D eigenvalue weighted by atomic mass is 32.1. The average molecular weight is 323 g/mol. The first-order valence-electron chi connectivity index (χ1n) is 7.42. The van der Waals surface area contributed by atoms with Crippen LogP contribution in [-0.2, 0) is 6.42 Å². The molecule has 0 radical (unpaired) electrons. The van der Waals surface area contributed by atoms with E-state index < -0.39 is 0 Å². The molecule has 4 nitrogen and oxygen atoms in total. The highest BCUT2D eigenvalue weighted by Gasteiger charge is 2.07. The van der Waals surface area contributed by atoms with Crippen LogP contribution in [0.5, 0.6) is 0 Å². The number of carbonyl (C=O) groups is 1. The molecule has 0 aliphatic rings. The minimum Gasteiger partial charge on any atom is -0.352 e. The molecule has 23 heavy (non-hydrogen) atoms. The van der Waals surface area contributed by atoms with E-state index in [1.807, 2.05) is 48.7 Å². The Labute approximate surface area is 139 Å². The molecule has 1 aromatic carbocycles. The maximum atomic E-state index is 12.0. The van der Waals surface area contributed by atoms with Gasteiger partial charge in [0.15, 0.2) is 0 Å². The van der Waals surface area contributed by atoms with Crippen molar-refractivity contribution in [1.29, 1.82) is 0 Å². The molecule has 0 saturated carbocycles. The zero-order valence-corrected chi connectivity index (χ0v) is 13.6. The number of thiazole rings is 1. The van der Waals surface area contributed by atoms with Crippen LogP contribution in [-0.4, -0.2) is 22.4 Å². The van der Waals surface area contributed by atoms with Gasteiger partial charge in [-0.2, -0.15) is 0 Å². The van der Waals surface area contributed by atoms with Crippen LogP contribution in [0.3, 0.4) is 0 Å². The Morgan fingerprint density at radius 1 is 1.22 bits per heavy atom. The SMILES string of the molecule is Cc1ccc(C(=O)NCCc2nc(-c3cccnc3)cs2)cc1. The summed E-state index contributed by atoms with van der Waals surface area (Å²) in [6.45, 7) is 2.58. The lowest BCUT2D eigenvalue weighted by Crippen LogP contribution is -2.25. The van der Waals surface area contributed by atoms with Gasteiger partial charge in [-0.3, -0.25) is 9.78 Å². The molecule has 0 fully saturated rings. The predicted octanol–water partition coefficient (Wildman–Crippen LogP) is 3.49. The number of carbonyl (C=O) groups excluding carboxylic acids is 1. The van der Waals surface area contributed by atoms with Crippen LogP contribution < -0.4 is 5.32 Å². The van der Waals surface area contributed by atoms with E-state index in [9.17, 15) is 4.79 Å². The Balaban J connectivity index is 1.54. The lowest BCUT2D eigenvalue weighted by atomic mass is 10.1. The Kier molecular flexibility index (Phi) is 4.78. The van der Waals surface area contributed by atoms with Gasteiger partial charge in [-0.25, -0.2) is 4.98 Å². The molecule has 0 aliphatic carbocycles. The molecule has 0 unspecified atom stereocenters. The van der Waals surface area contributed by atoms with Crippen molar-refractivity contribution in [2.75, 3.05) is 6.54 Å². The molecule has 5 heteroatoms. The number of amides is 1. The zero-order valence-electron chi connectivity index (χ0n) is 12.8. The van der Waals surface area contributed by atoms with E-state index in [2.05, 4.69) is 15.3 Å². The molecule has 2 heterocycles. The summed E-state index contributed by atoms with van der Waals surface area (Å²) >= 11 is 1.60. The first-order valence-corrected chi connectivity index (χ1v) is 8.30. The van der Waals surface area contributed by atoms with Crippen LogP contribution in [0.15, 0.2) is 54.2 Å². The second-order valence-corrected chi connectivity index (χ2v) is 6.18. The number of hydrogen-bond acceptors (Lipinski definition) is 4. The summed E-state index contributed by atoms with van der Waals surface area (Å²) in [5, 5.41) is 5.96. The molecule has 0 saturated heterocycles. The molecule has 3 aromatic rings. The maximum Gasteiger partial charge on any atom is 0.251 e. The lowest BCUT2D eigenvalue weighted by Gasteiger charge is -2.04. The summed E-state index contributed by atoms with van der Waals surface area (Å²) in [7, 11) is 0. The van der Waals surface area contributed by atoms with Gasteiger partial charge in [-0.1, -0.05) is 17.7 Å². The molecule has 116 valence electrons. The van der Waals surface area contributed by atoms with E-state index in [1.165, 1.54) is 0 Å². The number of aromatic nitrogens is 2. The minimum absolute atomic E-state index is 0.0472. The third kappa shape index (κ3) is 4.02. The minimum atomic E-state index is -0.0472. The number of hydrogen-bond donors (Lipinski definition) is 1. The van der Waals surface area contributed by atoms with Crippen molar-refractivity contribution in [3.63, 3.8) is 0 Å². The highest BCUT2D eigenvalue weighted by Crippen LogP contribution is 2.20. The fourth-order valence-corrected chi connectivity index (χ4v) is 2.97. The number of pyridine rings is 1. The molecule has 1 amide bonds. The second-order valence-electron chi connectivity index (χ2n) is 5.24. The third-order valence-electron chi connectivity index (χ3n) is 3.45. The first kappa shape index (κ1) is 15.4. The van der Waals surface area contributed by atoms with E-state index in [1.54, 1.807) is 23.7 Å². The fourth-order valence-electron chi connectivity index (χ4n) is 2.16. The number of rotatable bonds is 5. The normalized spacial score (nSPS) is 10.5. The van der Waals surface area contributed by atoms with Crippen molar-refractivity contribution < 1.29 is 4.79 Å². The zero-order chi connectivity index (χ0) is 16.1. The molecule has 0 bridgehead atoms. The Bertz CT molecular complexity index is 782. The fraction of sp³-hybridized carbons (Fsp3) is 0.167. The van der Waals surface area contributed by atoms with Crippen LogP contribution in [0.2, 0.25) is 0 Å². The van der Waals surface area contributed by atoms with Crippen LogP contribution >= 0.6 is 11.3 Å². The summed E-state index contributed by atoms with van der Waals surface area (Å²) in [4.78, 5) is 20.7. The number of nitrogens with one attached hydrogen (secondary N) is 1. The maximum absolute atomic E-state index is 12.0. The first-order chi connectivity index (χ1) is 11.2. The van der Waals surface area contributed by atoms with Crippen LogP contribution in [0.25, 0.3) is 11.3 Å². The lowest BCUT2D eigenvalue weighted by molar-refractivity contribution is 0.0954. The average Bonchev–Trinajstić information content (AvgIpc) is 3.05. The van der Waals surface area contributed by atoms with Gasteiger partial charge in [-0.15, -0.1) is 11.3 Å². The Morgan fingerprint density at radius 2 is 2.04 bits per heavy atom. The monoisotopic (exact) mass is 323 g/mol. The molecule has 0 atom stereocenters. The van der Waals surface area contributed by atoms with Gasteiger partial charge in [0.1, 0.15) is 0 Å². The van der Waals surface area contributed by atoms with Gasteiger partial charge >= 0.3 is 0 Å². The summed E-state index contributed by atoms with van der Waals surface area (Å²) in [6.07, 6.45) is 4.28. The Morgan fingerprint density at radius 3 is 2.78 bits per heavy atom. The van der Waals surface area contributed by atoms with Gasteiger partial charge in [0, 0.05) is 41.9 Å². The molecule has 2 aromatic heterocycles. The largest absolute Gasteiger partial charge is 0.352 e. The van der Waals surface area contributed by atoms with E-state index in [0.29, 0.717) is 12.1 Å². The highest BCUT2D eigenvalue weighted by molar-refractivity contribution is 7.09. The van der Waals surface area contributed by atoms with Crippen molar-refractivity contribution in [3.8, 4) is 11.3 Å². The van der Waals surface area contributed by atoms with Crippen LogP contribution in [0.4, 0.5) is 0 Å². The third-order valence-corrected chi connectivity index (χ3v) is 4.36. The quantitative estimate of drug-likeness (QED) is 0.782. The smallest absolute Gasteiger partial charge is 0.251 e. The molecule has 3 rings (SSSR count). The number of aryl methyl sites for hydroxylation is 1. The van der Waals surface area contributed by atoms with Crippen LogP contribution in [0, 0.1) is 6.92 Å². The van der Waals surface area contributed by atoms with Crippen molar-refractivity contribution in [1.82, 2.24) is 15.3 Å². The van der Waals surface area contributed by atoms with E-state index in [0.717, 1.165) is 28.2 Å². The van der Waals surface area contributed by atoms with Gasteiger partial charge in [0.05, 0.1) is 10.7 Å². The van der Waals surface area contributed by atoms with Crippen molar-refractivity contribution in [2.45, 2.75) is 13.3 Å². The van der Waals surface area contributed by atoms with Crippen molar-refractivity contribution in [2.24, 2.45) is 0 Å². The number of benzene rings is 1. The van der Waals surface area contributed by atoms with Gasteiger partial charge < -0.3 is 5.32 Å². The summed E-state index contributed by atoms with van der Waals surface area (Å²) in [5.74, 6) is -0.0472. The molecule has 1 N–H and O–H groups in total. The molecule has 0 spiro atoms. The number of nitrogens with zero attached hydrogens (tertiary/aromatic N) is 2. The van der Waals surface area contributed by atoms with E-state index in [-0.39, 0.29) is 5.91 Å². The van der Waals surface area contributed by atoms with Gasteiger partial charge in [-0.05, 0) is 31.2 Å². The second kappa shape index (κ2) is 7.15.